The van der Waals surface area contributed by atoms with Gasteiger partial charge in [-0.3, -0.25) is 10.00 Å². The number of H-pyrrole nitrogens is 1. The van der Waals surface area contributed by atoms with Gasteiger partial charge in [-0.15, -0.1) is 0 Å². The third kappa shape index (κ3) is 4.28. The second kappa shape index (κ2) is 9.21. The number of carboxylic acid groups (broad SMARTS) is 1. The molecule has 5 rings (SSSR count). The number of likely N-dealkylation sites (N-methyl/N-ethyl adjacent to an activating group) is 1. The lowest BCUT2D eigenvalue weighted by atomic mass is 9.68. The molecule has 3 heterocycles. The van der Waals surface area contributed by atoms with E-state index in [9.17, 15) is 9.90 Å². The first-order valence-electron chi connectivity index (χ1n) is 12.2. The van der Waals surface area contributed by atoms with Crippen molar-refractivity contribution in [2.24, 2.45) is 11.7 Å². The maximum atomic E-state index is 12.0. The number of aromatic amines is 1. The molecule has 2 unspecified atom stereocenters. The van der Waals surface area contributed by atoms with Gasteiger partial charge in [-0.1, -0.05) is 12.2 Å². The van der Waals surface area contributed by atoms with Gasteiger partial charge >= 0.3 is 6.09 Å². The molecule has 11 nitrogen and oxygen atoms in total. The minimum Gasteiger partial charge on any atom is -0.498 e. The predicted molar refractivity (Wildman–Crippen MR) is 130 cm³/mol. The van der Waals surface area contributed by atoms with Gasteiger partial charge in [0.1, 0.15) is 17.6 Å². The van der Waals surface area contributed by atoms with Crippen molar-refractivity contribution < 1.29 is 14.6 Å². The number of amides is 1. The summed E-state index contributed by atoms with van der Waals surface area (Å²) < 4.78 is 5.84. The van der Waals surface area contributed by atoms with Gasteiger partial charge in [-0.05, 0) is 44.7 Å². The fourth-order valence-electron chi connectivity index (χ4n) is 6.01. The number of aromatic nitrogens is 4. The fraction of sp³-hybridized carbons (Fsp3) is 0.583. The molecule has 2 atom stereocenters. The molecule has 0 bridgehead atoms. The van der Waals surface area contributed by atoms with E-state index in [1.54, 1.807) is 19.4 Å². The molecule has 11 heteroatoms. The van der Waals surface area contributed by atoms with E-state index in [1.165, 1.54) is 6.33 Å². The van der Waals surface area contributed by atoms with Gasteiger partial charge in [-0.25, -0.2) is 14.8 Å². The Balaban J connectivity index is 1.42. The lowest BCUT2D eigenvalue weighted by molar-refractivity contribution is 0.0630. The van der Waals surface area contributed by atoms with E-state index in [-0.39, 0.29) is 5.92 Å². The molecule has 1 saturated heterocycles. The second-order valence-electron chi connectivity index (χ2n) is 9.98. The van der Waals surface area contributed by atoms with Gasteiger partial charge in [-0.2, -0.15) is 5.10 Å². The summed E-state index contributed by atoms with van der Waals surface area (Å²) in [6.07, 6.45) is 11.3. The van der Waals surface area contributed by atoms with Crippen molar-refractivity contribution in [1.82, 2.24) is 35.3 Å². The average Bonchev–Trinajstić information content (AvgIpc) is 3.31. The highest BCUT2D eigenvalue weighted by Gasteiger charge is 2.49. The smallest absolute Gasteiger partial charge is 0.405 e. The van der Waals surface area contributed by atoms with Crippen LogP contribution in [0.3, 0.4) is 0 Å². The number of hydrogen-bond acceptors (Lipinski definition) is 8. The molecule has 35 heavy (non-hydrogen) atoms. The number of piperazine rings is 1. The number of nitrogens with zero attached hydrogens (tertiary/aromatic N) is 5. The van der Waals surface area contributed by atoms with Gasteiger partial charge in [0.25, 0.3) is 0 Å². The second-order valence-corrected chi connectivity index (χ2v) is 9.98. The third-order valence-electron chi connectivity index (χ3n) is 8.00. The highest BCUT2D eigenvalue weighted by atomic mass is 16.5. The van der Waals surface area contributed by atoms with Crippen LogP contribution in [0.1, 0.15) is 31.4 Å². The standard InChI is InChI=1S/C24H34N8O3/c1-31-9-11-32(12-10-31)17-5-3-16(4-6-17)24(28-22(33)34)8-7-23(25,13-19(24)35-2)20-18-14-26-15-27-21(18)30-29-20/h7-8,13-17,28H,3-6,9-12,25H2,1-2H3,(H,33,34)(H,26,27,29,30). The highest BCUT2D eigenvalue weighted by Crippen LogP contribution is 2.44. The molecule has 188 valence electrons. The van der Waals surface area contributed by atoms with Crippen molar-refractivity contribution in [3.63, 3.8) is 0 Å². The summed E-state index contributed by atoms with van der Waals surface area (Å²) in [5, 5.41) is 20.5. The maximum absolute atomic E-state index is 12.0. The van der Waals surface area contributed by atoms with Crippen LogP contribution in [0.15, 0.2) is 36.5 Å². The molecule has 2 fully saturated rings. The first-order valence-corrected chi connectivity index (χ1v) is 12.2. The monoisotopic (exact) mass is 482 g/mol. The van der Waals surface area contributed by atoms with Crippen LogP contribution in [0.4, 0.5) is 4.79 Å². The first-order chi connectivity index (χ1) is 16.8. The van der Waals surface area contributed by atoms with Crippen LogP contribution in [0.5, 0.6) is 0 Å². The lowest BCUT2D eigenvalue weighted by Crippen LogP contribution is -2.58. The molecule has 3 aliphatic rings. The predicted octanol–water partition coefficient (Wildman–Crippen LogP) is 1.42. The maximum Gasteiger partial charge on any atom is 0.405 e. The number of fused-ring (bicyclic) bond motifs is 1. The van der Waals surface area contributed by atoms with E-state index < -0.39 is 17.2 Å². The summed E-state index contributed by atoms with van der Waals surface area (Å²) in [5.41, 5.74) is 5.90. The Bertz CT molecular complexity index is 1130. The van der Waals surface area contributed by atoms with E-state index in [2.05, 4.69) is 42.3 Å². The third-order valence-corrected chi connectivity index (χ3v) is 8.00. The summed E-state index contributed by atoms with van der Waals surface area (Å²) in [5.74, 6) is 0.545. The van der Waals surface area contributed by atoms with Crippen molar-refractivity contribution in [1.29, 1.82) is 0 Å². The van der Waals surface area contributed by atoms with Crippen LogP contribution in [-0.4, -0.2) is 93.1 Å². The SMILES string of the molecule is COC1=CC(N)(c2[nH]nc3ncncc23)C=CC1(NC(=O)O)C1CCC(N2CCN(C)CC2)CC1. The quantitative estimate of drug-likeness (QED) is 0.465. The van der Waals surface area contributed by atoms with Gasteiger partial charge < -0.3 is 25.8 Å². The van der Waals surface area contributed by atoms with Crippen molar-refractivity contribution in [2.75, 3.05) is 40.3 Å². The minimum atomic E-state index is -1.09. The molecule has 5 N–H and O–H groups in total. The van der Waals surface area contributed by atoms with E-state index in [4.69, 9.17) is 10.5 Å². The number of hydrogen-bond donors (Lipinski definition) is 4. The van der Waals surface area contributed by atoms with E-state index in [0.717, 1.165) is 51.9 Å². The molecular formula is C24H34N8O3. The molecule has 0 aromatic carbocycles. The molecule has 1 amide bonds. The number of rotatable bonds is 5. The summed E-state index contributed by atoms with van der Waals surface area (Å²) in [6, 6.07) is 0.536. The zero-order chi connectivity index (χ0) is 24.6. The van der Waals surface area contributed by atoms with Gasteiger partial charge in [0.05, 0.1) is 23.7 Å². The van der Waals surface area contributed by atoms with Crippen LogP contribution in [0, 0.1) is 5.92 Å². The first kappa shape index (κ1) is 23.7. The molecule has 1 saturated carbocycles. The molecule has 0 spiro atoms. The van der Waals surface area contributed by atoms with Crippen molar-refractivity contribution in [2.45, 2.75) is 42.8 Å². The number of methoxy groups -OCH3 is 1. The molecule has 2 aromatic rings. The Morgan fingerprint density at radius 1 is 1.23 bits per heavy atom. The Kier molecular flexibility index (Phi) is 6.24. The number of ether oxygens (including phenoxy) is 1. The molecule has 1 aliphatic heterocycles. The lowest BCUT2D eigenvalue weighted by Gasteiger charge is -2.47. The van der Waals surface area contributed by atoms with Crippen LogP contribution in [0.2, 0.25) is 0 Å². The Morgan fingerprint density at radius 2 is 1.97 bits per heavy atom. The van der Waals surface area contributed by atoms with Crippen molar-refractivity contribution >= 4 is 17.1 Å². The van der Waals surface area contributed by atoms with E-state index in [1.807, 2.05) is 12.2 Å². The average molecular weight is 483 g/mol. The molecule has 0 radical (unpaired) electrons. The zero-order valence-corrected chi connectivity index (χ0v) is 20.3. The number of nitrogens with one attached hydrogen (secondary N) is 2. The largest absolute Gasteiger partial charge is 0.498 e. The fourth-order valence-corrected chi connectivity index (χ4v) is 6.01. The van der Waals surface area contributed by atoms with E-state index in [0.29, 0.717) is 28.5 Å². The Labute approximate surface area is 204 Å². The normalized spacial score (nSPS) is 32.4. The number of nitrogens with two attached hydrogens (primary N) is 1. The van der Waals surface area contributed by atoms with Crippen LogP contribution in [0.25, 0.3) is 11.0 Å². The van der Waals surface area contributed by atoms with Gasteiger partial charge in [0.15, 0.2) is 5.65 Å². The van der Waals surface area contributed by atoms with Crippen LogP contribution in [-0.2, 0) is 10.3 Å². The van der Waals surface area contributed by atoms with E-state index >= 15 is 0 Å². The van der Waals surface area contributed by atoms with Gasteiger partial charge in [0.2, 0.25) is 0 Å². The summed E-state index contributed by atoms with van der Waals surface area (Å²) >= 11 is 0. The summed E-state index contributed by atoms with van der Waals surface area (Å²) in [4.78, 5) is 25.2. The summed E-state index contributed by atoms with van der Waals surface area (Å²) in [6.45, 7) is 4.36. The Morgan fingerprint density at radius 3 is 2.66 bits per heavy atom. The molecule has 2 aromatic heterocycles. The molecule has 2 aliphatic carbocycles. The highest BCUT2D eigenvalue weighted by molar-refractivity contribution is 5.79. The Hall–Kier alpha value is -3.02. The van der Waals surface area contributed by atoms with Crippen molar-refractivity contribution in [3.8, 4) is 0 Å². The van der Waals surface area contributed by atoms with Crippen LogP contribution >= 0.6 is 0 Å². The minimum absolute atomic E-state index is 0.0520. The summed E-state index contributed by atoms with van der Waals surface area (Å²) in [7, 11) is 3.73. The van der Waals surface area contributed by atoms with Crippen LogP contribution < -0.4 is 11.1 Å². The van der Waals surface area contributed by atoms with Gasteiger partial charge in [0, 0.05) is 38.4 Å². The zero-order valence-electron chi connectivity index (χ0n) is 20.3. The van der Waals surface area contributed by atoms with Crippen molar-refractivity contribution in [3.05, 3.63) is 42.2 Å². The number of carbonyl (C=O) groups is 1. The topological polar surface area (TPSA) is 146 Å². The molecular weight excluding hydrogens is 448 g/mol.